The Morgan fingerprint density at radius 3 is 3.17 bits per heavy atom. The van der Waals surface area contributed by atoms with E-state index in [0.717, 1.165) is 31.4 Å². The van der Waals surface area contributed by atoms with Gasteiger partial charge in [0.15, 0.2) is 0 Å². The molecule has 6 nitrogen and oxygen atoms in total. The number of fused-ring (bicyclic) bond motifs is 1. The average molecular weight is 331 g/mol. The first-order valence-corrected chi connectivity index (χ1v) is 8.47. The molecule has 0 aliphatic carbocycles. The molecular formula is C18H25N3O3. The Morgan fingerprint density at radius 1 is 1.46 bits per heavy atom. The van der Waals surface area contributed by atoms with E-state index in [1.54, 1.807) is 7.11 Å². The second kappa shape index (κ2) is 8.17. The van der Waals surface area contributed by atoms with Gasteiger partial charge >= 0.3 is 6.03 Å². The highest BCUT2D eigenvalue weighted by atomic mass is 16.5. The summed E-state index contributed by atoms with van der Waals surface area (Å²) in [6, 6.07) is 8.07. The number of carbonyl (C=O) groups is 1. The number of aromatic amines is 1. The lowest BCUT2D eigenvalue weighted by atomic mass is 10.1. The molecule has 1 aromatic heterocycles. The second-order valence-electron chi connectivity index (χ2n) is 6.16. The van der Waals surface area contributed by atoms with Gasteiger partial charge in [-0.1, -0.05) is 6.07 Å². The van der Waals surface area contributed by atoms with Crippen molar-refractivity contribution in [2.24, 2.45) is 0 Å². The van der Waals surface area contributed by atoms with E-state index < -0.39 is 0 Å². The summed E-state index contributed by atoms with van der Waals surface area (Å²) in [5.41, 5.74) is 2.33. The van der Waals surface area contributed by atoms with Crippen LogP contribution in [-0.4, -0.2) is 50.0 Å². The summed E-state index contributed by atoms with van der Waals surface area (Å²) < 4.78 is 10.8. The number of hydrogen-bond acceptors (Lipinski definition) is 3. The maximum Gasteiger partial charge on any atom is 0.315 e. The summed E-state index contributed by atoms with van der Waals surface area (Å²) in [5.74, 6) is 0. The third-order valence-electron chi connectivity index (χ3n) is 4.39. The van der Waals surface area contributed by atoms with Crippen LogP contribution in [0.2, 0.25) is 0 Å². The Balaban J connectivity index is 1.45. The van der Waals surface area contributed by atoms with Crippen LogP contribution in [0.3, 0.4) is 0 Å². The van der Waals surface area contributed by atoms with Crippen LogP contribution in [0.1, 0.15) is 18.4 Å². The fourth-order valence-corrected chi connectivity index (χ4v) is 3.14. The summed E-state index contributed by atoms with van der Waals surface area (Å²) in [5, 5.41) is 7.07. The number of amides is 2. The molecule has 6 heteroatoms. The number of ether oxygens (including phenoxy) is 2. The van der Waals surface area contributed by atoms with Gasteiger partial charge in [-0.2, -0.15) is 0 Å². The van der Waals surface area contributed by atoms with Crippen molar-refractivity contribution in [1.82, 2.24) is 15.6 Å². The molecule has 0 radical (unpaired) electrons. The molecule has 2 atom stereocenters. The molecule has 1 aliphatic rings. The smallest absolute Gasteiger partial charge is 0.315 e. The average Bonchev–Trinajstić information content (AvgIpc) is 3.25. The van der Waals surface area contributed by atoms with E-state index in [0.29, 0.717) is 13.2 Å². The zero-order chi connectivity index (χ0) is 16.8. The van der Waals surface area contributed by atoms with Crippen molar-refractivity contribution >= 4 is 16.9 Å². The molecule has 0 unspecified atom stereocenters. The maximum atomic E-state index is 12.1. The topological polar surface area (TPSA) is 75.4 Å². The van der Waals surface area contributed by atoms with Gasteiger partial charge in [0.05, 0.1) is 18.8 Å². The van der Waals surface area contributed by atoms with Crippen molar-refractivity contribution in [3.63, 3.8) is 0 Å². The number of hydrogen-bond donors (Lipinski definition) is 3. The fraction of sp³-hybridized carbons (Fsp3) is 0.500. The molecule has 130 valence electrons. The van der Waals surface area contributed by atoms with Crippen molar-refractivity contribution in [2.45, 2.75) is 31.4 Å². The molecule has 1 fully saturated rings. The van der Waals surface area contributed by atoms with Gasteiger partial charge in [-0.15, -0.1) is 0 Å². The molecule has 0 bridgehead atoms. The van der Waals surface area contributed by atoms with Crippen LogP contribution in [0, 0.1) is 0 Å². The molecule has 3 rings (SSSR count). The van der Waals surface area contributed by atoms with Crippen LogP contribution < -0.4 is 10.6 Å². The highest BCUT2D eigenvalue weighted by Crippen LogP contribution is 2.16. The van der Waals surface area contributed by atoms with E-state index >= 15 is 0 Å². The van der Waals surface area contributed by atoms with Crippen molar-refractivity contribution in [3.05, 3.63) is 36.0 Å². The highest BCUT2D eigenvalue weighted by Gasteiger charge is 2.27. The van der Waals surface area contributed by atoms with E-state index in [9.17, 15) is 4.79 Å². The molecule has 0 spiro atoms. The zero-order valence-corrected chi connectivity index (χ0v) is 14.0. The Hall–Kier alpha value is -2.05. The quantitative estimate of drug-likeness (QED) is 0.728. The van der Waals surface area contributed by atoms with Crippen LogP contribution in [0.5, 0.6) is 0 Å². The normalized spacial score (nSPS) is 18.6. The number of carbonyl (C=O) groups excluding carboxylic acids is 1. The fourth-order valence-electron chi connectivity index (χ4n) is 3.14. The van der Waals surface area contributed by atoms with E-state index in [-0.39, 0.29) is 18.2 Å². The van der Waals surface area contributed by atoms with Gasteiger partial charge in [0.2, 0.25) is 0 Å². The van der Waals surface area contributed by atoms with Crippen molar-refractivity contribution in [2.75, 3.05) is 26.9 Å². The van der Waals surface area contributed by atoms with E-state index in [1.807, 2.05) is 6.20 Å². The minimum atomic E-state index is -0.171. The third kappa shape index (κ3) is 4.27. The number of benzene rings is 1. The largest absolute Gasteiger partial charge is 0.382 e. The highest BCUT2D eigenvalue weighted by molar-refractivity contribution is 5.80. The van der Waals surface area contributed by atoms with Crippen LogP contribution in [0.25, 0.3) is 10.9 Å². The zero-order valence-electron chi connectivity index (χ0n) is 14.0. The molecule has 2 heterocycles. The predicted molar refractivity (Wildman–Crippen MR) is 93.2 cm³/mol. The minimum Gasteiger partial charge on any atom is -0.382 e. The van der Waals surface area contributed by atoms with E-state index in [1.165, 1.54) is 10.9 Å². The first kappa shape index (κ1) is 16.8. The molecule has 1 aromatic carbocycles. The van der Waals surface area contributed by atoms with Crippen molar-refractivity contribution < 1.29 is 14.3 Å². The predicted octanol–water partition coefficient (Wildman–Crippen LogP) is 2.20. The van der Waals surface area contributed by atoms with Crippen LogP contribution in [0.15, 0.2) is 30.5 Å². The lowest BCUT2D eigenvalue weighted by Crippen LogP contribution is -2.50. The number of H-pyrrole nitrogens is 1. The Labute approximate surface area is 141 Å². The van der Waals surface area contributed by atoms with Crippen LogP contribution >= 0.6 is 0 Å². The van der Waals surface area contributed by atoms with E-state index in [2.05, 4.69) is 39.9 Å². The third-order valence-corrected chi connectivity index (χ3v) is 4.39. The minimum absolute atomic E-state index is 0.0479. The molecule has 24 heavy (non-hydrogen) atoms. The summed E-state index contributed by atoms with van der Waals surface area (Å²) >= 11 is 0. The molecular weight excluding hydrogens is 306 g/mol. The van der Waals surface area contributed by atoms with Gasteiger partial charge in [0.1, 0.15) is 0 Å². The van der Waals surface area contributed by atoms with Crippen LogP contribution in [0.4, 0.5) is 4.79 Å². The molecule has 1 saturated heterocycles. The first-order chi connectivity index (χ1) is 11.8. The maximum absolute atomic E-state index is 12.1. The number of urea groups is 1. The number of methoxy groups -OCH3 is 1. The molecule has 3 N–H and O–H groups in total. The lowest BCUT2D eigenvalue weighted by molar-refractivity contribution is 0.0470. The van der Waals surface area contributed by atoms with Gasteiger partial charge in [0, 0.05) is 32.0 Å². The first-order valence-electron chi connectivity index (χ1n) is 8.47. The van der Waals surface area contributed by atoms with Gasteiger partial charge in [-0.3, -0.25) is 0 Å². The molecule has 0 saturated carbocycles. The van der Waals surface area contributed by atoms with Gasteiger partial charge < -0.3 is 25.1 Å². The summed E-state index contributed by atoms with van der Waals surface area (Å²) in [4.78, 5) is 15.3. The number of rotatable bonds is 7. The van der Waals surface area contributed by atoms with Crippen molar-refractivity contribution in [1.29, 1.82) is 0 Å². The Kier molecular flexibility index (Phi) is 5.72. The summed E-state index contributed by atoms with van der Waals surface area (Å²) in [6.07, 6.45) is 4.78. The lowest BCUT2D eigenvalue weighted by Gasteiger charge is -2.23. The standard InChI is InChI=1S/C18H25N3O3/c1-23-12-16(17-3-2-10-24-17)21-18(22)20-8-6-13-4-5-15-14(11-13)7-9-19-15/h4-5,7,9,11,16-17,19H,2-3,6,8,10,12H2,1H3,(H2,20,21,22)/t16-,17-/m1/s1. The second-order valence-corrected chi connectivity index (χ2v) is 6.16. The van der Waals surface area contributed by atoms with Gasteiger partial charge in [0.25, 0.3) is 0 Å². The van der Waals surface area contributed by atoms with Gasteiger partial charge in [-0.05, 0) is 48.4 Å². The Morgan fingerprint density at radius 2 is 2.38 bits per heavy atom. The number of nitrogens with one attached hydrogen (secondary N) is 3. The monoisotopic (exact) mass is 331 g/mol. The Bertz CT molecular complexity index is 664. The summed E-state index contributed by atoms with van der Waals surface area (Å²) in [6.45, 7) is 1.81. The molecule has 2 aromatic rings. The van der Waals surface area contributed by atoms with Gasteiger partial charge in [-0.25, -0.2) is 4.79 Å². The molecule has 1 aliphatic heterocycles. The summed E-state index contributed by atoms with van der Waals surface area (Å²) in [7, 11) is 1.64. The van der Waals surface area contributed by atoms with Crippen LogP contribution in [-0.2, 0) is 15.9 Å². The molecule has 2 amide bonds. The van der Waals surface area contributed by atoms with E-state index in [4.69, 9.17) is 9.47 Å². The van der Waals surface area contributed by atoms with Crippen molar-refractivity contribution in [3.8, 4) is 0 Å². The SMILES string of the molecule is COC[C@@H](NC(=O)NCCc1ccc2[nH]ccc2c1)[C@H]1CCCO1. The number of aromatic nitrogens is 1.